The maximum atomic E-state index is 4.25. The normalized spacial score (nSPS) is 1.60. The van der Waals surface area contributed by atoms with E-state index in [1.165, 1.54) is 0 Å². The predicted octanol–water partition coefficient (Wildman–Crippen LogP) is 0.830. The summed E-state index contributed by atoms with van der Waals surface area (Å²) in [5.41, 5.74) is 0. The van der Waals surface area contributed by atoms with Crippen LogP contribution >= 0.6 is 0 Å². The fourth-order valence-corrected chi connectivity index (χ4v) is 0. The largest absolute Gasteiger partial charge is 2.00 e. The third-order valence-corrected chi connectivity index (χ3v) is 0. The number of rotatable bonds is 0. The molecule has 0 aromatic rings. The Labute approximate surface area is 49.7 Å². The Kier molecular flexibility index (Phi) is 2770. The van der Waals surface area contributed by atoms with Crippen molar-refractivity contribution in [3.8, 4) is 0 Å². The summed E-state index contributed by atoms with van der Waals surface area (Å²) in [7, 11) is 0. The molecule has 0 saturated heterocycles. The Bertz CT molecular complexity index is 5.61. The molecule has 0 aliphatic rings. The molecular weight excluding hydrogens is 72.3 g/mol. The average Bonchev–Trinajstić information content (AvgIpc) is 1.50. The zero-order chi connectivity index (χ0) is 4.00. The van der Waals surface area contributed by atoms with E-state index in [0.717, 1.165) is 0 Å². The van der Waals surface area contributed by atoms with E-state index in [9.17, 15) is 0 Å². The van der Waals surface area contributed by atoms with E-state index in [1.807, 2.05) is 0 Å². The first kappa shape index (κ1) is 18.7. The smallest absolute Gasteiger partial charge is 0.521 e. The molecule has 0 atom stereocenters. The van der Waals surface area contributed by atoms with Gasteiger partial charge in [0, 0.05) is 0 Å². The van der Waals surface area contributed by atoms with E-state index in [0.29, 0.717) is 0 Å². The van der Waals surface area contributed by atoms with Gasteiger partial charge in [-0.3, -0.25) is 13.2 Å². The van der Waals surface area contributed by atoms with Crippen molar-refractivity contribution in [1.82, 2.24) is 0 Å². The minimum absolute atomic E-state index is 0. The van der Waals surface area contributed by atoms with Crippen LogP contribution in [0.2, 0.25) is 0 Å². The van der Waals surface area contributed by atoms with Gasteiger partial charge in [0.1, 0.15) is 0 Å². The van der Waals surface area contributed by atoms with Crippen molar-refractivity contribution in [2.24, 2.45) is 0 Å². The minimum atomic E-state index is 0. The first-order valence-corrected chi connectivity index (χ1v) is 0.816. The summed E-state index contributed by atoms with van der Waals surface area (Å²) in [5.74, 6) is 0. The van der Waals surface area contributed by atoms with Crippen LogP contribution in [0.1, 0.15) is 0 Å². The molecule has 0 aliphatic heterocycles. The molecule has 0 nitrogen and oxygen atoms in total. The zero-order valence-electron chi connectivity index (χ0n) is 3.28. The quantitative estimate of drug-likeness (QED) is 0.297. The first-order valence-electron chi connectivity index (χ1n) is 0.816. The topological polar surface area (TPSA) is 0 Å². The summed E-state index contributed by atoms with van der Waals surface area (Å²) in [6.45, 7) is 14.0. The van der Waals surface area contributed by atoms with E-state index in [4.69, 9.17) is 0 Å². The summed E-state index contributed by atoms with van der Waals surface area (Å²) in [6, 6.07) is 0. The second-order valence-electron chi connectivity index (χ2n) is 0. The van der Waals surface area contributed by atoms with Crippen molar-refractivity contribution in [1.29, 1.82) is 0 Å². The standard InChI is InChI=1S/2C2H3.Mg/c2*1-2;/h2*1H,2H2;/q2*-1;+2. The first-order chi connectivity index (χ1) is 2.00. The molecule has 0 rings (SSSR count). The van der Waals surface area contributed by atoms with Crippen LogP contribution in [-0.4, -0.2) is 23.1 Å². The van der Waals surface area contributed by atoms with Gasteiger partial charge in [-0.1, -0.05) is 0 Å². The third-order valence-electron chi connectivity index (χ3n) is 0. The SMILES string of the molecule is [CH-]=C.[CH-]=C.[Mg+2]. The molecule has 0 aromatic carbocycles. The Balaban J connectivity index is -0.0000000133. The molecular formula is C4H6Mg. The molecule has 24 valence electrons. The van der Waals surface area contributed by atoms with Gasteiger partial charge >= 0.3 is 23.1 Å². The maximum Gasteiger partial charge on any atom is 2.00 e. The Hall–Kier alpha value is 0.246. The van der Waals surface area contributed by atoms with Crippen LogP contribution in [-0.2, 0) is 0 Å². The molecule has 0 N–H and O–H groups in total. The Morgan fingerprint density at radius 1 is 0.800 bits per heavy atom. The molecule has 0 bridgehead atoms. The van der Waals surface area contributed by atoms with Crippen molar-refractivity contribution in [3.05, 3.63) is 26.3 Å². The van der Waals surface area contributed by atoms with Crippen molar-refractivity contribution in [2.45, 2.75) is 0 Å². The van der Waals surface area contributed by atoms with Crippen LogP contribution < -0.4 is 0 Å². The minimum Gasteiger partial charge on any atom is -0.521 e. The summed E-state index contributed by atoms with van der Waals surface area (Å²) in [5, 5.41) is 0. The number of hydrogen-bond donors (Lipinski definition) is 0. The molecule has 0 saturated carbocycles. The number of hydrogen-bond acceptors (Lipinski definition) is 0. The fraction of sp³-hybridized carbons (Fsp3) is 0. The van der Waals surface area contributed by atoms with Crippen LogP contribution in [0.15, 0.2) is 13.2 Å². The van der Waals surface area contributed by atoms with Crippen molar-refractivity contribution in [3.63, 3.8) is 0 Å². The van der Waals surface area contributed by atoms with Crippen molar-refractivity contribution >= 4 is 23.1 Å². The molecule has 1 heteroatoms. The summed E-state index contributed by atoms with van der Waals surface area (Å²) in [6.07, 6.45) is 0. The van der Waals surface area contributed by atoms with E-state index in [2.05, 4.69) is 26.3 Å². The van der Waals surface area contributed by atoms with Gasteiger partial charge in [0.15, 0.2) is 0 Å². The molecule has 0 fully saturated rings. The zero-order valence-corrected chi connectivity index (χ0v) is 4.69. The van der Waals surface area contributed by atoms with Gasteiger partial charge in [0.05, 0.1) is 0 Å². The summed E-state index contributed by atoms with van der Waals surface area (Å²) >= 11 is 0. The average molecular weight is 78.4 g/mol. The third kappa shape index (κ3) is 353. The van der Waals surface area contributed by atoms with Crippen molar-refractivity contribution in [2.75, 3.05) is 0 Å². The van der Waals surface area contributed by atoms with Crippen LogP contribution in [0, 0.1) is 13.2 Å². The van der Waals surface area contributed by atoms with Gasteiger partial charge in [-0.05, 0) is 0 Å². The van der Waals surface area contributed by atoms with Gasteiger partial charge in [0.2, 0.25) is 0 Å². The van der Waals surface area contributed by atoms with Gasteiger partial charge in [-0.25, -0.2) is 0 Å². The van der Waals surface area contributed by atoms with Crippen LogP contribution in [0.5, 0.6) is 0 Å². The maximum absolute atomic E-state index is 4.25. The molecule has 0 heterocycles. The van der Waals surface area contributed by atoms with E-state index >= 15 is 0 Å². The van der Waals surface area contributed by atoms with Crippen molar-refractivity contribution < 1.29 is 0 Å². The van der Waals surface area contributed by atoms with E-state index < -0.39 is 0 Å². The Morgan fingerprint density at radius 2 is 0.800 bits per heavy atom. The summed E-state index contributed by atoms with van der Waals surface area (Å²) < 4.78 is 0. The molecule has 5 heavy (non-hydrogen) atoms. The van der Waals surface area contributed by atoms with E-state index in [-0.39, 0.29) is 23.1 Å². The van der Waals surface area contributed by atoms with Gasteiger partial charge < -0.3 is 13.2 Å². The summed E-state index contributed by atoms with van der Waals surface area (Å²) in [4.78, 5) is 0. The fourth-order valence-electron chi connectivity index (χ4n) is 0. The predicted molar refractivity (Wildman–Crippen MR) is 25.6 cm³/mol. The molecule has 0 unspecified atom stereocenters. The Morgan fingerprint density at radius 3 is 0.800 bits per heavy atom. The molecule has 0 aliphatic carbocycles. The van der Waals surface area contributed by atoms with Crippen LogP contribution in [0.4, 0.5) is 0 Å². The second-order valence-corrected chi connectivity index (χ2v) is 0. The van der Waals surface area contributed by atoms with E-state index in [1.54, 1.807) is 0 Å². The molecule has 0 spiro atoms. The molecule has 0 amide bonds. The molecule has 0 aromatic heterocycles. The van der Waals surface area contributed by atoms with Gasteiger partial charge in [0.25, 0.3) is 0 Å². The molecule has 0 radical (unpaired) electrons. The van der Waals surface area contributed by atoms with Crippen LogP contribution in [0.3, 0.4) is 0 Å². The van der Waals surface area contributed by atoms with Gasteiger partial charge in [-0.15, -0.1) is 0 Å². The van der Waals surface area contributed by atoms with Gasteiger partial charge in [-0.2, -0.15) is 0 Å². The monoisotopic (exact) mass is 78.0 g/mol. The van der Waals surface area contributed by atoms with Crippen LogP contribution in [0.25, 0.3) is 0 Å². The second kappa shape index (κ2) is 738.